The first-order valence-corrected chi connectivity index (χ1v) is 11.9. The van der Waals surface area contributed by atoms with Gasteiger partial charge in [-0.3, -0.25) is 0 Å². The fraction of sp³-hybridized carbons (Fsp3) is 0.500. The van der Waals surface area contributed by atoms with Gasteiger partial charge in [0.1, 0.15) is 18.2 Å². The van der Waals surface area contributed by atoms with Gasteiger partial charge in [0.25, 0.3) is 0 Å². The lowest BCUT2D eigenvalue weighted by atomic mass is 9.92. The van der Waals surface area contributed by atoms with Crippen molar-refractivity contribution in [3.8, 4) is 5.75 Å². The van der Waals surface area contributed by atoms with Crippen molar-refractivity contribution in [2.45, 2.75) is 59.1 Å². The van der Waals surface area contributed by atoms with E-state index in [2.05, 4.69) is 42.5 Å². The largest absolute Gasteiger partial charge is 0.486 e. The zero-order chi connectivity index (χ0) is 21.8. The van der Waals surface area contributed by atoms with Gasteiger partial charge in [0.15, 0.2) is 0 Å². The third-order valence-corrected chi connectivity index (χ3v) is 7.04. The first-order chi connectivity index (χ1) is 15.0. The number of aromatic nitrogens is 2. The van der Waals surface area contributed by atoms with Crippen molar-refractivity contribution in [3.63, 3.8) is 0 Å². The Hall–Kier alpha value is -2.04. The topological polar surface area (TPSA) is 30.3 Å². The van der Waals surface area contributed by atoms with E-state index >= 15 is 0 Å². The average molecular weight is 440 g/mol. The third kappa shape index (κ3) is 5.42. The fourth-order valence-corrected chi connectivity index (χ4v) is 4.69. The van der Waals surface area contributed by atoms with Gasteiger partial charge in [0.2, 0.25) is 0 Å². The summed E-state index contributed by atoms with van der Waals surface area (Å²) in [5, 5.41) is 0.718. The maximum absolute atomic E-state index is 6.05. The number of nitrogens with zero attached hydrogens (tertiary/aromatic N) is 3. The second-order valence-corrected chi connectivity index (χ2v) is 9.48. The minimum Gasteiger partial charge on any atom is -0.486 e. The van der Waals surface area contributed by atoms with E-state index in [0.29, 0.717) is 6.61 Å². The minimum atomic E-state index is 0.462. The van der Waals surface area contributed by atoms with E-state index in [9.17, 15) is 0 Å². The highest BCUT2D eigenvalue weighted by Crippen LogP contribution is 2.26. The molecule has 0 amide bonds. The smallest absolute Gasteiger partial charge is 0.148 e. The summed E-state index contributed by atoms with van der Waals surface area (Å²) < 4.78 is 8.42. The molecule has 0 atom stereocenters. The summed E-state index contributed by atoms with van der Waals surface area (Å²) in [7, 11) is 2.23. The molecule has 0 aliphatic carbocycles. The number of rotatable bonds is 8. The van der Waals surface area contributed by atoms with Gasteiger partial charge in [-0.15, -0.1) is 0 Å². The highest BCUT2D eigenvalue weighted by molar-refractivity contribution is 6.30. The molecule has 0 spiro atoms. The number of fused-ring (bicyclic) bond motifs is 1. The number of unbranched alkanes of at least 4 members (excludes halogenated alkanes) is 1. The van der Waals surface area contributed by atoms with Crippen molar-refractivity contribution in [2.75, 3.05) is 20.1 Å². The molecule has 2 heterocycles. The molecule has 0 bridgehead atoms. The van der Waals surface area contributed by atoms with E-state index in [0.717, 1.165) is 34.6 Å². The average Bonchev–Trinajstić information content (AvgIpc) is 3.13. The molecule has 0 radical (unpaired) electrons. The van der Waals surface area contributed by atoms with Crippen molar-refractivity contribution in [1.29, 1.82) is 0 Å². The summed E-state index contributed by atoms with van der Waals surface area (Å²) in [6.07, 6.45) is 6.50. The number of likely N-dealkylation sites (tertiary alicyclic amines) is 1. The van der Waals surface area contributed by atoms with Gasteiger partial charge in [-0.25, -0.2) is 4.98 Å². The van der Waals surface area contributed by atoms with Crippen molar-refractivity contribution in [3.05, 3.63) is 58.4 Å². The summed E-state index contributed by atoms with van der Waals surface area (Å²) in [6, 6.07) is 12.0. The number of hydrogen-bond donors (Lipinski definition) is 0. The van der Waals surface area contributed by atoms with Crippen LogP contribution in [-0.2, 0) is 13.2 Å². The Morgan fingerprint density at radius 1 is 1.03 bits per heavy atom. The summed E-state index contributed by atoms with van der Waals surface area (Å²) in [5.41, 5.74) is 4.86. The predicted octanol–water partition coefficient (Wildman–Crippen LogP) is 6.40. The molecule has 4 rings (SSSR count). The molecule has 5 heteroatoms. The van der Waals surface area contributed by atoms with Crippen LogP contribution in [0.1, 0.15) is 49.1 Å². The van der Waals surface area contributed by atoms with Crippen LogP contribution in [0.25, 0.3) is 11.0 Å². The zero-order valence-corrected chi connectivity index (χ0v) is 19.8. The molecule has 2 aromatic carbocycles. The van der Waals surface area contributed by atoms with Crippen LogP contribution in [0.3, 0.4) is 0 Å². The van der Waals surface area contributed by atoms with Crippen molar-refractivity contribution < 1.29 is 4.74 Å². The predicted molar refractivity (Wildman–Crippen MR) is 129 cm³/mol. The Morgan fingerprint density at radius 2 is 1.77 bits per heavy atom. The number of benzene rings is 2. The van der Waals surface area contributed by atoms with E-state index in [1.807, 2.05) is 24.3 Å². The molecule has 1 aromatic heterocycles. The van der Waals surface area contributed by atoms with Crippen molar-refractivity contribution in [2.24, 2.45) is 5.92 Å². The van der Waals surface area contributed by atoms with Crippen molar-refractivity contribution in [1.82, 2.24) is 14.5 Å². The molecule has 3 aromatic rings. The van der Waals surface area contributed by atoms with E-state index in [4.69, 9.17) is 21.3 Å². The fourth-order valence-electron chi connectivity index (χ4n) is 4.57. The van der Waals surface area contributed by atoms with Crippen molar-refractivity contribution >= 4 is 22.6 Å². The molecule has 1 aliphatic rings. The van der Waals surface area contributed by atoms with Crippen LogP contribution >= 0.6 is 11.6 Å². The number of ether oxygens (including phenoxy) is 1. The highest BCUT2D eigenvalue weighted by Gasteiger charge is 2.17. The van der Waals surface area contributed by atoms with E-state index < -0.39 is 0 Å². The lowest BCUT2D eigenvalue weighted by Gasteiger charge is -2.28. The minimum absolute atomic E-state index is 0.462. The molecule has 1 saturated heterocycles. The first-order valence-electron chi connectivity index (χ1n) is 11.5. The molecular weight excluding hydrogens is 406 g/mol. The molecule has 1 fully saturated rings. The van der Waals surface area contributed by atoms with Gasteiger partial charge in [-0.2, -0.15) is 0 Å². The second kappa shape index (κ2) is 10.1. The Balaban J connectivity index is 1.45. The van der Waals surface area contributed by atoms with Crippen LogP contribution in [0.4, 0.5) is 0 Å². The number of hydrogen-bond acceptors (Lipinski definition) is 3. The summed E-state index contributed by atoms with van der Waals surface area (Å²) in [6.45, 7) is 8.27. The summed E-state index contributed by atoms with van der Waals surface area (Å²) >= 11 is 6.00. The van der Waals surface area contributed by atoms with Gasteiger partial charge in [0, 0.05) is 11.6 Å². The highest BCUT2D eigenvalue weighted by atomic mass is 35.5. The molecule has 0 N–H and O–H groups in total. The van der Waals surface area contributed by atoms with Crippen LogP contribution in [-0.4, -0.2) is 34.6 Å². The monoisotopic (exact) mass is 439 g/mol. The van der Waals surface area contributed by atoms with E-state index in [1.54, 1.807) is 0 Å². The summed E-state index contributed by atoms with van der Waals surface area (Å²) in [4.78, 5) is 7.44. The lowest BCUT2D eigenvalue weighted by Crippen LogP contribution is -2.30. The molecular formula is C26H34ClN3O. The first kappa shape index (κ1) is 22.2. The second-order valence-electron chi connectivity index (χ2n) is 9.04. The normalized spacial score (nSPS) is 15.6. The molecule has 1 aliphatic heterocycles. The Labute approximate surface area is 191 Å². The molecule has 4 nitrogen and oxygen atoms in total. The molecule has 0 saturated carbocycles. The van der Waals surface area contributed by atoms with Gasteiger partial charge < -0.3 is 14.2 Å². The Morgan fingerprint density at radius 3 is 2.52 bits per heavy atom. The van der Waals surface area contributed by atoms with Gasteiger partial charge in [0.05, 0.1) is 11.0 Å². The van der Waals surface area contributed by atoms with Gasteiger partial charge in [-0.1, -0.05) is 30.5 Å². The van der Waals surface area contributed by atoms with Crippen LogP contribution in [0.15, 0.2) is 36.4 Å². The van der Waals surface area contributed by atoms with E-state index in [1.165, 1.54) is 61.8 Å². The standard InChI is InChI=1S/C26H34ClN3O/c1-19-7-12-24-26(20(19)2)28-25(18-31-23-10-8-22(27)9-11-23)30(24)15-5-4-6-21-13-16-29(3)17-14-21/h7-12,21H,4-6,13-18H2,1-3H3. The van der Waals surface area contributed by atoms with Gasteiger partial charge in [-0.05, 0) is 101 Å². The number of imidazole rings is 1. The Kier molecular flexibility index (Phi) is 7.19. The quantitative estimate of drug-likeness (QED) is 0.380. The maximum atomic E-state index is 6.05. The van der Waals surface area contributed by atoms with Crippen LogP contribution in [0, 0.1) is 19.8 Å². The lowest BCUT2D eigenvalue weighted by molar-refractivity contribution is 0.209. The SMILES string of the molecule is Cc1ccc2c(nc(COc3ccc(Cl)cc3)n2CCCCC2CCN(C)CC2)c1C. The van der Waals surface area contributed by atoms with Crippen LogP contribution in [0.5, 0.6) is 5.75 Å². The molecule has 0 unspecified atom stereocenters. The third-order valence-electron chi connectivity index (χ3n) is 6.79. The maximum Gasteiger partial charge on any atom is 0.148 e. The molecule has 31 heavy (non-hydrogen) atoms. The number of piperidine rings is 1. The van der Waals surface area contributed by atoms with E-state index in [-0.39, 0.29) is 0 Å². The van der Waals surface area contributed by atoms with Crippen LogP contribution < -0.4 is 4.74 Å². The summed E-state index contributed by atoms with van der Waals surface area (Å²) in [5.74, 6) is 2.71. The molecule has 166 valence electrons. The Bertz CT molecular complexity index is 1000. The van der Waals surface area contributed by atoms with Crippen LogP contribution in [0.2, 0.25) is 5.02 Å². The van der Waals surface area contributed by atoms with Gasteiger partial charge >= 0.3 is 0 Å². The zero-order valence-electron chi connectivity index (χ0n) is 19.0. The number of halogens is 1. The number of aryl methyl sites for hydroxylation is 3.